The van der Waals surface area contributed by atoms with E-state index in [1.165, 1.54) is 36.6 Å². The summed E-state index contributed by atoms with van der Waals surface area (Å²) in [6.45, 7) is 0. The van der Waals surface area contributed by atoms with Gasteiger partial charge in [-0.05, 0) is 121 Å². The van der Waals surface area contributed by atoms with Crippen molar-refractivity contribution in [1.82, 2.24) is 10.1 Å². The van der Waals surface area contributed by atoms with E-state index >= 15 is 0 Å². The Morgan fingerprint density at radius 3 is 1.75 bits per heavy atom. The maximum absolute atomic E-state index is 13.1. The highest BCUT2D eigenvalue weighted by atomic mass is 35.5. The molecule has 0 aliphatic heterocycles. The Bertz CT molecular complexity index is 2380. The van der Waals surface area contributed by atoms with E-state index in [1.54, 1.807) is 73.0 Å². The van der Waals surface area contributed by atoms with Crippen LogP contribution < -0.4 is 5.73 Å². The number of rotatable bonds is 4. The highest BCUT2D eigenvalue weighted by Gasteiger charge is 2.12. The van der Waals surface area contributed by atoms with E-state index in [2.05, 4.69) is 43.4 Å². The SMILES string of the molecule is Fc1cccc(C#Cc2ccc(-c3noc(-c4ccco4)n3)cc2)c1.N/C(=N\O)c1ccc(C#Cc2cccc(F)c2)cc1.O=C(Cl)c1ccco1. The number of benzene rings is 4. The van der Waals surface area contributed by atoms with Gasteiger partial charge in [-0.3, -0.25) is 4.79 Å². The van der Waals surface area contributed by atoms with E-state index in [9.17, 15) is 13.6 Å². The first-order chi connectivity index (χ1) is 25.3. The maximum atomic E-state index is 13.1. The van der Waals surface area contributed by atoms with Crippen LogP contribution in [0.4, 0.5) is 8.78 Å². The van der Waals surface area contributed by atoms with Crippen LogP contribution in [0.15, 0.2) is 152 Å². The van der Waals surface area contributed by atoms with Gasteiger partial charge in [-0.2, -0.15) is 4.98 Å². The fraction of sp³-hybridized carbons (Fsp3) is 0. The summed E-state index contributed by atoms with van der Waals surface area (Å²) in [6, 6.07) is 33.2. The third-order valence-corrected chi connectivity index (χ3v) is 6.84. The molecule has 0 aliphatic rings. The second kappa shape index (κ2) is 18.0. The third kappa shape index (κ3) is 10.6. The van der Waals surface area contributed by atoms with Crippen molar-refractivity contribution in [3.63, 3.8) is 0 Å². The highest BCUT2D eigenvalue weighted by Crippen LogP contribution is 2.22. The van der Waals surface area contributed by atoms with Crippen molar-refractivity contribution in [3.8, 4) is 46.7 Å². The van der Waals surface area contributed by atoms with Crippen molar-refractivity contribution in [2.75, 3.05) is 0 Å². The van der Waals surface area contributed by atoms with E-state index in [1.807, 2.05) is 24.3 Å². The lowest BCUT2D eigenvalue weighted by atomic mass is 10.1. The first-order valence-electron chi connectivity index (χ1n) is 15.1. The molecule has 4 aromatic carbocycles. The molecule has 0 aliphatic carbocycles. The number of halogens is 3. The van der Waals surface area contributed by atoms with Crippen LogP contribution in [-0.4, -0.2) is 26.4 Å². The van der Waals surface area contributed by atoms with E-state index in [-0.39, 0.29) is 23.2 Å². The molecule has 0 bridgehead atoms. The smallest absolute Gasteiger partial charge is 0.293 e. The lowest BCUT2D eigenvalue weighted by Gasteiger charge is -1.97. The number of hydrogen-bond donors (Lipinski definition) is 2. The molecular formula is C40H25ClF2N4O5. The third-order valence-electron chi connectivity index (χ3n) is 6.66. The number of oxime groups is 1. The van der Waals surface area contributed by atoms with Gasteiger partial charge in [0.05, 0.1) is 12.5 Å². The average Bonchev–Trinajstić information content (AvgIpc) is 3.98. The largest absolute Gasteiger partial charge is 0.460 e. The number of hydrogen-bond acceptors (Lipinski definition) is 8. The second-order valence-corrected chi connectivity index (χ2v) is 10.7. The molecular weight excluding hydrogens is 690 g/mol. The number of nitrogens with two attached hydrogens (primary N) is 1. The summed E-state index contributed by atoms with van der Waals surface area (Å²) in [5.74, 6) is 12.6. The van der Waals surface area contributed by atoms with E-state index in [0.29, 0.717) is 34.2 Å². The van der Waals surface area contributed by atoms with Gasteiger partial charge in [0.1, 0.15) is 11.6 Å². The topological polar surface area (TPSA) is 141 Å². The first-order valence-corrected chi connectivity index (χ1v) is 15.5. The van der Waals surface area contributed by atoms with Crippen molar-refractivity contribution in [2.24, 2.45) is 10.9 Å². The van der Waals surface area contributed by atoms with Gasteiger partial charge in [0, 0.05) is 33.4 Å². The molecule has 0 fully saturated rings. The first kappa shape index (κ1) is 36.1. The lowest BCUT2D eigenvalue weighted by Crippen LogP contribution is -2.12. The summed E-state index contributed by atoms with van der Waals surface area (Å²) in [7, 11) is 0. The molecule has 0 atom stereocenters. The minimum absolute atomic E-state index is 0.0460. The van der Waals surface area contributed by atoms with Crippen molar-refractivity contribution >= 4 is 22.7 Å². The summed E-state index contributed by atoms with van der Waals surface area (Å²) in [6.07, 6.45) is 2.95. The zero-order valence-electron chi connectivity index (χ0n) is 26.8. The number of nitrogens with zero attached hydrogens (tertiary/aromatic N) is 3. The zero-order valence-corrected chi connectivity index (χ0v) is 27.6. The number of carbonyl (C=O) groups excluding carboxylic acids is 1. The van der Waals surface area contributed by atoms with Crippen LogP contribution in [-0.2, 0) is 0 Å². The zero-order chi connectivity index (χ0) is 36.7. The Balaban J connectivity index is 0.000000170. The molecule has 0 spiro atoms. The Hall–Kier alpha value is -7.21. The fourth-order valence-corrected chi connectivity index (χ4v) is 4.24. The van der Waals surface area contributed by atoms with Crippen LogP contribution in [0.3, 0.4) is 0 Å². The summed E-state index contributed by atoms with van der Waals surface area (Å²) in [4.78, 5) is 14.5. The van der Waals surface area contributed by atoms with Gasteiger partial charge in [-0.25, -0.2) is 8.78 Å². The predicted molar refractivity (Wildman–Crippen MR) is 190 cm³/mol. The van der Waals surface area contributed by atoms with E-state index in [0.717, 1.165) is 16.7 Å². The Labute approximate surface area is 301 Å². The van der Waals surface area contributed by atoms with Gasteiger partial charge in [-0.1, -0.05) is 46.1 Å². The number of aromatic nitrogens is 2. The highest BCUT2D eigenvalue weighted by molar-refractivity contribution is 6.67. The molecule has 0 saturated heterocycles. The van der Waals surface area contributed by atoms with Crippen molar-refractivity contribution in [2.45, 2.75) is 0 Å². The number of furan rings is 2. The molecule has 0 radical (unpaired) electrons. The van der Waals surface area contributed by atoms with Crippen molar-refractivity contribution in [1.29, 1.82) is 0 Å². The molecule has 3 N–H and O–H groups in total. The standard InChI is InChI=1S/C20H11FN2O2.C15H11FN2O.C5H3ClO2/c21-17-4-1-3-15(13-17)7-6-14-8-10-16(11-9-14)19-22-20(25-23-19)18-5-2-12-24-18;16-14-3-1-2-12(10-14)5-4-11-6-8-13(9-7-11)15(17)18-19;6-5(7)4-2-1-3-8-4/h1-5,8-13H;1-3,6-10,19H,(H2,17,18);1-3H. The molecule has 12 heteroatoms. The summed E-state index contributed by atoms with van der Waals surface area (Å²) in [5, 5.41) is 14.8. The van der Waals surface area contributed by atoms with Gasteiger partial charge < -0.3 is 24.3 Å². The minimum Gasteiger partial charge on any atom is -0.460 e. The molecule has 3 aromatic heterocycles. The molecule has 7 rings (SSSR count). The summed E-state index contributed by atoms with van der Waals surface area (Å²) < 4.78 is 41.1. The maximum Gasteiger partial charge on any atom is 0.293 e. The van der Waals surface area contributed by atoms with Crippen LogP contribution in [0.5, 0.6) is 0 Å². The lowest BCUT2D eigenvalue weighted by molar-refractivity contribution is 0.105. The minimum atomic E-state index is -0.560. The van der Waals surface area contributed by atoms with Gasteiger partial charge in [0.25, 0.3) is 11.1 Å². The van der Waals surface area contributed by atoms with Crippen molar-refractivity contribution in [3.05, 3.63) is 179 Å². The molecule has 0 amide bonds. The Kier molecular flexibility index (Phi) is 12.5. The summed E-state index contributed by atoms with van der Waals surface area (Å²) >= 11 is 5.01. The molecule has 52 heavy (non-hydrogen) atoms. The molecule has 3 heterocycles. The quantitative estimate of drug-likeness (QED) is 0.0462. The van der Waals surface area contributed by atoms with E-state index in [4.69, 9.17) is 31.5 Å². The number of amidine groups is 1. The number of carbonyl (C=O) groups is 1. The van der Waals surface area contributed by atoms with Crippen LogP contribution >= 0.6 is 11.6 Å². The molecule has 7 aromatic rings. The van der Waals surface area contributed by atoms with Gasteiger partial charge in [0.15, 0.2) is 17.4 Å². The van der Waals surface area contributed by atoms with Crippen molar-refractivity contribution < 1.29 is 32.1 Å². The Morgan fingerprint density at radius 1 is 0.712 bits per heavy atom. The van der Waals surface area contributed by atoms with Crippen LogP contribution in [0.2, 0.25) is 0 Å². The van der Waals surface area contributed by atoms with Crippen LogP contribution in [0.25, 0.3) is 23.0 Å². The van der Waals surface area contributed by atoms with Crippen LogP contribution in [0.1, 0.15) is 38.4 Å². The van der Waals surface area contributed by atoms with Crippen LogP contribution in [0, 0.1) is 35.3 Å². The molecule has 0 saturated carbocycles. The van der Waals surface area contributed by atoms with Gasteiger partial charge in [-0.15, -0.1) is 0 Å². The monoisotopic (exact) mass is 714 g/mol. The normalized spacial score (nSPS) is 10.2. The summed E-state index contributed by atoms with van der Waals surface area (Å²) in [5.41, 5.74) is 9.67. The Morgan fingerprint density at radius 2 is 1.27 bits per heavy atom. The van der Waals surface area contributed by atoms with Gasteiger partial charge in [0.2, 0.25) is 5.82 Å². The van der Waals surface area contributed by atoms with E-state index < -0.39 is 5.24 Å². The average molecular weight is 715 g/mol. The molecule has 9 nitrogen and oxygen atoms in total. The molecule has 0 unspecified atom stereocenters. The fourth-order valence-electron chi connectivity index (χ4n) is 4.14. The second-order valence-electron chi connectivity index (χ2n) is 10.3. The van der Waals surface area contributed by atoms with Gasteiger partial charge >= 0.3 is 0 Å². The predicted octanol–water partition coefficient (Wildman–Crippen LogP) is 8.51. The molecule has 256 valence electrons.